The van der Waals surface area contributed by atoms with Gasteiger partial charge in [0.1, 0.15) is 0 Å². The van der Waals surface area contributed by atoms with Gasteiger partial charge in [0.2, 0.25) is 0 Å². The molecular formula is C13H13ClO4. The summed E-state index contributed by atoms with van der Waals surface area (Å²) in [6.45, 7) is 0. The number of esters is 2. The molecule has 18 heavy (non-hydrogen) atoms. The number of hydrogen-bond acceptors (Lipinski definition) is 4. The SMILES string of the molecule is COC(=O)C1(C(=O)OC)Cc2ccc(Cl)cc2C1. The summed E-state index contributed by atoms with van der Waals surface area (Å²) in [7, 11) is 2.53. The third-order valence-electron chi connectivity index (χ3n) is 3.31. The van der Waals surface area contributed by atoms with Crippen LogP contribution in [0.25, 0.3) is 0 Å². The van der Waals surface area contributed by atoms with Gasteiger partial charge in [0.05, 0.1) is 14.2 Å². The van der Waals surface area contributed by atoms with Gasteiger partial charge in [-0.15, -0.1) is 0 Å². The minimum atomic E-state index is -1.27. The smallest absolute Gasteiger partial charge is 0.323 e. The van der Waals surface area contributed by atoms with Gasteiger partial charge in [-0.1, -0.05) is 17.7 Å². The second-order valence-electron chi connectivity index (χ2n) is 4.33. The van der Waals surface area contributed by atoms with Crippen LogP contribution in [0.5, 0.6) is 0 Å². The van der Waals surface area contributed by atoms with Crippen molar-refractivity contribution in [3.8, 4) is 0 Å². The number of hydrogen-bond donors (Lipinski definition) is 0. The second-order valence-corrected chi connectivity index (χ2v) is 4.77. The fourth-order valence-electron chi connectivity index (χ4n) is 2.41. The topological polar surface area (TPSA) is 52.6 Å². The summed E-state index contributed by atoms with van der Waals surface area (Å²) >= 11 is 5.91. The lowest BCUT2D eigenvalue weighted by atomic mass is 9.85. The molecule has 0 heterocycles. The van der Waals surface area contributed by atoms with E-state index in [9.17, 15) is 9.59 Å². The van der Waals surface area contributed by atoms with Gasteiger partial charge in [-0.25, -0.2) is 0 Å². The van der Waals surface area contributed by atoms with Crippen molar-refractivity contribution in [1.82, 2.24) is 0 Å². The van der Waals surface area contributed by atoms with Gasteiger partial charge in [0.15, 0.2) is 5.41 Å². The quantitative estimate of drug-likeness (QED) is 0.606. The summed E-state index contributed by atoms with van der Waals surface area (Å²) in [6.07, 6.45) is 0.557. The predicted molar refractivity (Wildman–Crippen MR) is 65.3 cm³/mol. The Hall–Kier alpha value is -1.55. The Kier molecular flexibility index (Phi) is 3.30. The lowest BCUT2D eigenvalue weighted by Gasteiger charge is -2.22. The molecule has 0 fully saturated rings. The van der Waals surface area contributed by atoms with Crippen LogP contribution in [0.3, 0.4) is 0 Å². The van der Waals surface area contributed by atoms with Gasteiger partial charge in [-0.05, 0) is 36.1 Å². The number of carbonyl (C=O) groups excluding carboxylic acids is 2. The van der Waals surface area contributed by atoms with Crippen molar-refractivity contribution >= 4 is 23.5 Å². The minimum Gasteiger partial charge on any atom is -0.468 e. The number of methoxy groups -OCH3 is 2. The Balaban J connectivity index is 2.43. The van der Waals surface area contributed by atoms with E-state index in [1.807, 2.05) is 6.07 Å². The molecule has 0 unspecified atom stereocenters. The maximum atomic E-state index is 11.9. The van der Waals surface area contributed by atoms with E-state index >= 15 is 0 Å². The Bertz CT molecular complexity index is 494. The summed E-state index contributed by atoms with van der Waals surface area (Å²) in [4.78, 5) is 23.9. The average molecular weight is 269 g/mol. The van der Waals surface area contributed by atoms with Crippen molar-refractivity contribution in [2.24, 2.45) is 5.41 Å². The zero-order chi connectivity index (χ0) is 13.3. The number of benzene rings is 1. The molecule has 0 amide bonds. The minimum absolute atomic E-state index is 0.266. The van der Waals surface area contributed by atoms with Gasteiger partial charge in [-0.3, -0.25) is 9.59 Å². The van der Waals surface area contributed by atoms with Gasteiger partial charge in [0.25, 0.3) is 0 Å². The van der Waals surface area contributed by atoms with E-state index in [2.05, 4.69) is 0 Å². The van der Waals surface area contributed by atoms with Gasteiger partial charge < -0.3 is 9.47 Å². The molecule has 1 aliphatic carbocycles. The highest BCUT2D eigenvalue weighted by Crippen LogP contribution is 2.40. The van der Waals surface area contributed by atoms with E-state index < -0.39 is 17.4 Å². The van der Waals surface area contributed by atoms with Crippen molar-refractivity contribution in [1.29, 1.82) is 0 Å². The predicted octanol–water partition coefficient (Wildman–Crippen LogP) is 1.77. The van der Waals surface area contributed by atoms with Crippen LogP contribution in [0.1, 0.15) is 11.1 Å². The lowest BCUT2D eigenvalue weighted by molar-refractivity contribution is -0.168. The number of fused-ring (bicyclic) bond motifs is 1. The molecule has 5 heteroatoms. The highest BCUT2D eigenvalue weighted by molar-refractivity contribution is 6.30. The van der Waals surface area contributed by atoms with Crippen molar-refractivity contribution in [3.63, 3.8) is 0 Å². The van der Waals surface area contributed by atoms with Crippen LogP contribution in [-0.4, -0.2) is 26.2 Å². The fraction of sp³-hybridized carbons (Fsp3) is 0.385. The molecule has 96 valence electrons. The van der Waals surface area contributed by atoms with E-state index in [4.69, 9.17) is 21.1 Å². The van der Waals surface area contributed by atoms with E-state index in [0.717, 1.165) is 11.1 Å². The zero-order valence-corrected chi connectivity index (χ0v) is 10.9. The molecule has 1 aliphatic rings. The van der Waals surface area contributed by atoms with E-state index in [0.29, 0.717) is 11.4 Å². The molecule has 1 aromatic carbocycles. The molecule has 0 spiro atoms. The molecule has 4 nitrogen and oxygen atoms in total. The van der Waals surface area contributed by atoms with Crippen LogP contribution in [0, 0.1) is 5.41 Å². The summed E-state index contributed by atoms with van der Waals surface area (Å²) in [6, 6.07) is 5.33. The Morgan fingerprint density at radius 3 is 2.22 bits per heavy atom. The van der Waals surface area contributed by atoms with E-state index in [-0.39, 0.29) is 6.42 Å². The highest BCUT2D eigenvalue weighted by Gasteiger charge is 2.52. The molecule has 0 atom stereocenters. The monoisotopic (exact) mass is 268 g/mol. The number of ether oxygens (including phenoxy) is 2. The summed E-state index contributed by atoms with van der Waals surface area (Å²) < 4.78 is 9.50. The number of rotatable bonds is 2. The van der Waals surface area contributed by atoms with Crippen molar-refractivity contribution in [3.05, 3.63) is 34.3 Å². The molecule has 0 saturated carbocycles. The van der Waals surface area contributed by atoms with Crippen LogP contribution in [0.2, 0.25) is 5.02 Å². The van der Waals surface area contributed by atoms with Crippen LogP contribution in [0.4, 0.5) is 0 Å². The normalized spacial score (nSPS) is 15.9. The molecule has 1 aromatic rings. The lowest BCUT2D eigenvalue weighted by Crippen LogP contribution is -2.42. The van der Waals surface area contributed by atoms with Crippen LogP contribution in [0.15, 0.2) is 18.2 Å². The molecule has 0 radical (unpaired) electrons. The van der Waals surface area contributed by atoms with Crippen molar-refractivity contribution in [2.75, 3.05) is 14.2 Å². The molecule has 0 N–H and O–H groups in total. The summed E-state index contributed by atoms with van der Waals surface area (Å²) in [5.41, 5.74) is 0.546. The Morgan fingerprint density at radius 2 is 1.67 bits per heavy atom. The van der Waals surface area contributed by atoms with Gasteiger partial charge >= 0.3 is 11.9 Å². The average Bonchev–Trinajstić information content (AvgIpc) is 2.76. The molecular weight excluding hydrogens is 256 g/mol. The fourth-order valence-corrected chi connectivity index (χ4v) is 2.60. The first kappa shape index (κ1) is 12.9. The maximum Gasteiger partial charge on any atom is 0.323 e. The molecule has 0 aromatic heterocycles. The van der Waals surface area contributed by atoms with Gasteiger partial charge in [-0.2, -0.15) is 0 Å². The molecule has 2 rings (SSSR count). The largest absolute Gasteiger partial charge is 0.468 e. The molecule has 0 aliphatic heterocycles. The molecule has 0 saturated heterocycles. The van der Waals surface area contributed by atoms with E-state index in [1.54, 1.807) is 12.1 Å². The Labute approximate surface area is 110 Å². The second kappa shape index (κ2) is 4.61. The zero-order valence-electron chi connectivity index (χ0n) is 10.2. The standard InChI is InChI=1S/C13H13ClO4/c1-17-11(15)13(12(16)18-2)6-8-3-4-10(14)5-9(8)7-13/h3-5H,6-7H2,1-2H3. The first-order valence-corrected chi connectivity index (χ1v) is 5.85. The highest BCUT2D eigenvalue weighted by atomic mass is 35.5. The van der Waals surface area contributed by atoms with Crippen molar-refractivity contribution < 1.29 is 19.1 Å². The van der Waals surface area contributed by atoms with Gasteiger partial charge in [0, 0.05) is 5.02 Å². The number of halogens is 1. The van der Waals surface area contributed by atoms with Crippen LogP contribution < -0.4 is 0 Å². The molecule has 0 bridgehead atoms. The number of carbonyl (C=O) groups is 2. The van der Waals surface area contributed by atoms with Crippen molar-refractivity contribution in [2.45, 2.75) is 12.8 Å². The van der Waals surface area contributed by atoms with Crippen LogP contribution in [-0.2, 0) is 31.9 Å². The maximum absolute atomic E-state index is 11.9. The first-order chi connectivity index (χ1) is 8.53. The van der Waals surface area contributed by atoms with E-state index in [1.165, 1.54) is 14.2 Å². The van der Waals surface area contributed by atoms with Crippen LogP contribution >= 0.6 is 11.6 Å². The third-order valence-corrected chi connectivity index (χ3v) is 3.54. The Morgan fingerprint density at radius 1 is 1.11 bits per heavy atom. The third kappa shape index (κ3) is 1.86. The summed E-state index contributed by atoms with van der Waals surface area (Å²) in [5.74, 6) is -1.14. The summed E-state index contributed by atoms with van der Waals surface area (Å²) in [5, 5.41) is 0.583. The first-order valence-electron chi connectivity index (χ1n) is 5.47.